The maximum Gasteiger partial charge on any atom is 0.338 e. The fraction of sp³-hybridized carbons (Fsp3) is 0.0588. The summed E-state index contributed by atoms with van der Waals surface area (Å²) in [7, 11) is 0. The number of carbonyl (C=O) groups is 1. The Bertz CT molecular complexity index is 946. The van der Waals surface area contributed by atoms with Gasteiger partial charge < -0.3 is 5.11 Å². The molecular formula is C17H12BrNO3. The Kier molecular flexibility index (Phi) is 3.58. The lowest BCUT2D eigenvalue weighted by molar-refractivity contribution is 0.0697. The molecule has 1 N–H and O–H groups in total. The minimum atomic E-state index is -1.05. The van der Waals surface area contributed by atoms with Gasteiger partial charge in [-0.1, -0.05) is 40.2 Å². The predicted octanol–water partition coefficient (Wildman–Crippen LogP) is 3.76. The van der Waals surface area contributed by atoms with Crippen molar-refractivity contribution in [2.45, 2.75) is 6.92 Å². The maximum atomic E-state index is 12.8. The molecule has 0 radical (unpaired) electrons. The highest BCUT2D eigenvalue weighted by Crippen LogP contribution is 2.24. The molecule has 0 bridgehead atoms. The summed E-state index contributed by atoms with van der Waals surface area (Å²) in [6, 6.07) is 14.1. The molecule has 5 heteroatoms. The van der Waals surface area contributed by atoms with Crippen LogP contribution in [0.1, 0.15) is 16.1 Å². The van der Waals surface area contributed by atoms with Crippen molar-refractivity contribution in [3.05, 3.63) is 74.6 Å². The lowest BCUT2D eigenvalue weighted by Crippen LogP contribution is -2.24. The number of para-hydroxylation sites is 1. The average Bonchev–Trinajstić information content (AvgIpc) is 2.49. The molecule has 0 saturated carbocycles. The number of nitrogens with zero attached hydrogens (tertiary/aromatic N) is 1. The zero-order chi connectivity index (χ0) is 15.9. The third-order valence-electron chi connectivity index (χ3n) is 3.61. The van der Waals surface area contributed by atoms with Crippen molar-refractivity contribution in [2.75, 3.05) is 0 Å². The first-order valence-corrected chi connectivity index (χ1v) is 7.43. The van der Waals surface area contributed by atoms with Crippen LogP contribution in [0, 0.1) is 6.92 Å². The molecule has 0 amide bonds. The normalized spacial score (nSPS) is 10.8. The summed E-state index contributed by atoms with van der Waals surface area (Å²) in [6.07, 6.45) is 0. The Balaban J connectivity index is 2.54. The first-order chi connectivity index (χ1) is 10.5. The van der Waals surface area contributed by atoms with Gasteiger partial charge in [0, 0.05) is 26.6 Å². The summed E-state index contributed by atoms with van der Waals surface area (Å²) in [5.41, 5.74) is 0.976. The lowest BCUT2D eigenvalue weighted by Gasteiger charge is -2.15. The van der Waals surface area contributed by atoms with E-state index in [1.165, 1.54) is 4.57 Å². The van der Waals surface area contributed by atoms with E-state index >= 15 is 0 Å². The molecule has 1 heterocycles. The van der Waals surface area contributed by atoms with Gasteiger partial charge in [0.25, 0.3) is 5.56 Å². The van der Waals surface area contributed by atoms with Crippen LogP contribution in [0.4, 0.5) is 0 Å². The number of aromatic carboxylic acids is 1. The molecule has 0 unspecified atom stereocenters. The third-order valence-corrected chi connectivity index (χ3v) is 4.10. The molecule has 0 aliphatic rings. The number of hydrogen-bond acceptors (Lipinski definition) is 2. The van der Waals surface area contributed by atoms with Crippen molar-refractivity contribution in [3.63, 3.8) is 0 Å². The standard InChI is InChI=1S/C17H12BrNO3/c1-10-15(17(21)22)13-8-7-11(18)9-14(13)16(20)19(10)12-5-3-2-4-6-12/h2-9H,1H3,(H,21,22). The number of rotatable bonds is 2. The van der Waals surface area contributed by atoms with Crippen molar-refractivity contribution in [2.24, 2.45) is 0 Å². The minimum Gasteiger partial charge on any atom is -0.478 e. The molecule has 2 aromatic carbocycles. The average molecular weight is 358 g/mol. The van der Waals surface area contributed by atoms with Gasteiger partial charge in [-0.15, -0.1) is 0 Å². The molecule has 110 valence electrons. The third kappa shape index (κ3) is 2.23. The van der Waals surface area contributed by atoms with Crippen LogP contribution >= 0.6 is 15.9 Å². The number of hydrogen-bond donors (Lipinski definition) is 1. The van der Waals surface area contributed by atoms with Gasteiger partial charge in [0.05, 0.1) is 5.56 Å². The first-order valence-electron chi connectivity index (χ1n) is 6.64. The maximum absolute atomic E-state index is 12.8. The molecule has 0 spiro atoms. The molecule has 0 aliphatic heterocycles. The molecule has 0 aliphatic carbocycles. The van der Waals surface area contributed by atoms with Crippen LogP contribution in [0.3, 0.4) is 0 Å². The highest BCUT2D eigenvalue weighted by atomic mass is 79.9. The Morgan fingerprint density at radius 3 is 2.41 bits per heavy atom. The summed E-state index contributed by atoms with van der Waals surface area (Å²) in [5.74, 6) is -1.05. The Hall–Kier alpha value is -2.40. The highest BCUT2D eigenvalue weighted by molar-refractivity contribution is 9.10. The zero-order valence-electron chi connectivity index (χ0n) is 11.7. The molecule has 0 atom stereocenters. The molecule has 22 heavy (non-hydrogen) atoms. The Labute approximate surface area is 134 Å². The molecule has 4 nitrogen and oxygen atoms in total. The molecule has 1 aromatic heterocycles. The van der Waals surface area contributed by atoms with Crippen molar-refractivity contribution < 1.29 is 9.90 Å². The van der Waals surface area contributed by atoms with Gasteiger partial charge in [0.2, 0.25) is 0 Å². The Morgan fingerprint density at radius 1 is 1.09 bits per heavy atom. The van der Waals surface area contributed by atoms with Gasteiger partial charge in [0.15, 0.2) is 0 Å². The zero-order valence-corrected chi connectivity index (χ0v) is 13.3. The van der Waals surface area contributed by atoms with Crippen molar-refractivity contribution in [1.29, 1.82) is 0 Å². The predicted molar refractivity (Wildman–Crippen MR) is 88.9 cm³/mol. The molecular weight excluding hydrogens is 346 g/mol. The second-order valence-corrected chi connectivity index (χ2v) is 5.85. The quantitative estimate of drug-likeness (QED) is 0.759. The van der Waals surface area contributed by atoms with Crippen molar-refractivity contribution in [3.8, 4) is 5.69 Å². The highest BCUT2D eigenvalue weighted by Gasteiger charge is 2.19. The van der Waals surface area contributed by atoms with Crippen LogP contribution < -0.4 is 5.56 Å². The number of pyridine rings is 1. The summed E-state index contributed by atoms with van der Waals surface area (Å²) in [5, 5.41) is 10.4. The number of carboxylic acid groups (broad SMARTS) is 1. The second kappa shape index (κ2) is 5.42. The van der Waals surface area contributed by atoms with E-state index in [2.05, 4.69) is 15.9 Å². The fourth-order valence-corrected chi connectivity index (χ4v) is 3.01. The number of aromatic nitrogens is 1. The van der Waals surface area contributed by atoms with E-state index in [0.29, 0.717) is 22.2 Å². The molecule has 0 saturated heterocycles. The van der Waals surface area contributed by atoms with E-state index < -0.39 is 5.97 Å². The van der Waals surface area contributed by atoms with Gasteiger partial charge >= 0.3 is 5.97 Å². The van der Waals surface area contributed by atoms with E-state index in [-0.39, 0.29) is 11.1 Å². The van der Waals surface area contributed by atoms with Crippen LogP contribution in [0.5, 0.6) is 0 Å². The van der Waals surface area contributed by atoms with E-state index in [9.17, 15) is 14.7 Å². The number of fused-ring (bicyclic) bond motifs is 1. The Morgan fingerprint density at radius 2 is 1.77 bits per heavy atom. The SMILES string of the molecule is Cc1c(C(=O)O)c2ccc(Br)cc2c(=O)n1-c1ccccc1. The van der Waals surface area contributed by atoms with Gasteiger partial charge in [0.1, 0.15) is 0 Å². The molecule has 0 fully saturated rings. The van der Waals surface area contributed by atoms with E-state index in [1.807, 2.05) is 18.2 Å². The van der Waals surface area contributed by atoms with Crippen molar-refractivity contribution in [1.82, 2.24) is 4.57 Å². The van der Waals surface area contributed by atoms with E-state index in [4.69, 9.17) is 0 Å². The van der Waals surface area contributed by atoms with Crippen LogP contribution in [0.15, 0.2) is 57.8 Å². The smallest absolute Gasteiger partial charge is 0.338 e. The van der Waals surface area contributed by atoms with Crippen LogP contribution in [0.2, 0.25) is 0 Å². The summed E-state index contributed by atoms with van der Waals surface area (Å²) < 4.78 is 2.18. The van der Waals surface area contributed by atoms with E-state index in [0.717, 1.165) is 4.47 Å². The van der Waals surface area contributed by atoms with Gasteiger partial charge in [-0.25, -0.2) is 4.79 Å². The second-order valence-electron chi connectivity index (χ2n) is 4.93. The summed E-state index contributed by atoms with van der Waals surface area (Å²) in [4.78, 5) is 24.5. The largest absolute Gasteiger partial charge is 0.478 e. The number of benzene rings is 2. The van der Waals surface area contributed by atoms with Gasteiger partial charge in [-0.05, 0) is 31.2 Å². The first kappa shape index (κ1) is 14.5. The number of halogens is 1. The van der Waals surface area contributed by atoms with Crippen LogP contribution in [-0.2, 0) is 0 Å². The minimum absolute atomic E-state index is 0.144. The number of carboxylic acids is 1. The fourth-order valence-electron chi connectivity index (χ4n) is 2.65. The van der Waals surface area contributed by atoms with E-state index in [1.54, 1.807) is 37.3 Å². The van der Waals surface area contributed by atoms with Gasteiger partial charge in [-0.3, -0.25) is 9.36 Å². The molecule has 3 rings (SSSR count). The molecule has 3 aromatic rings. The van der Waals surface area contributed by atoms with Crippen molar-refractivity contribution >= 4 is 32.7 Å². The lowest BCUT2D eigenvalue weighted by atomic mass is 10.0. The summed E-state index contributed by atoms with van der Waals surface area (Å²) >= 11 is 3.33. The summed E-state index contributed by atoms with van der Waals surface area (Å²) in [6.45, 7) is 1.65. The topological polar surface area (TPSA) is 59.3 Å². The monoisotopic (exact) mass is 357 g/mol. The van der Waals surface area contributed by atoms with Crippen LogP contribution in [0.25, 0.3) is 16.5 Å². The van der Waals surface area contributed by atoms with Gasteiger partial charge in [-0.2, -0.15) is 0 Å². The van der Waals surface area contributed by atoms with Crippen LogP contribution in [-0.4, -0.2) is 15.6 Å².